The van der Waals surface area contributed by atoms with Crippen molar-refractivity contribution in [3.05, 3.63) is 52.3 Å². The predicted octanol–water partition coefficient (Wildman–Crippen LogP) is 3.86. The van der Waals surface area contributed by atoms with Crippen LogP contribution in [0.5, 0.6) is 0 Å². The van der Waals surface area contributed by atoms with E-state index in [-0.39, 0.29) is 0 Å². The number of hydrogen-bond acceptors (Lipinski definition) is 2. The Hall–Kier alpha value is -1.88. The maximum atomic E-state index is 10.5. The molecule has 0 fully saturated rings. The molecule has 0 aliphatic rings. The number of benzene rings is 1. The maximum Gasteiger partial charge on any atom is 0.328 e. The van der Waals surface area contributed by atoms with E-state index >= 15 is 0 Å². The van der Waals surface area contributed by atoms with Crippen LogP contribution in [0.2, 0.25) is 0 Å². The first kappa shape index (κ1) is 14.5. The molecule has 0 unspecified atom stereocenters. The number of nitrogens with zero attached hydrogens (tertiary/aromatic N) is 2. The Kier molecular flexibility index (Phi) is 4.39. The molecule has 2 aromatic rings. The van der Waals surface area contributed by atoms with Gasteiger partial charge in [0.1, 0.15) is 0 Å². The summed E-state index contributed by atoms with van der Waals surface area (Å²) in [6, 6.07) is 7.68. The van der Waals surface area contributed by atoms with Crippen LogP contribution in [0.25, 0.3) is 11.8 Å². The molecule has 1 N–H and O–H groups in total. The smallest absolute Gasteiger partial charge is 0.328 e. The van der Waals surface area contributed by atoms with Gasteiger partial charge in [-0.2, -0.15) is 5.10 Å². The molecule has 0 saturated heterocycles. The van der Waals surface area contributed by atoms with Gasteiger partial charge in [0, 0.05) is 16.7 Å². The van der Waals surface area contributed by atoms with Crippen LogP contribution >= 0.6 is 15.9 Å². The average molecular weight is 335 g/mol. The van der Waals surface area contributed by atoms with E-state index in [0.717, 1.165) is 27.5 Å². The summed E-state index contributed by atoms with van der Waals surface area (Å²) in [6.45, 7) is 4.20. The first-order chi connectivity index (χ1) is 9.47. The molecule has 4 nitrogen and oxygen atoms in total. The maximum absolute atomic E-state index is 10.5. The fourth-order valence-corrected chi connectivity index (χ4v) is 2.24. The molecular formula is C15H15BrN2O2. The minimum absolute atomic E-state index is 0.387. The van der Waals surface area contributed by atoms with Gasteiger partial charge in [-0.3, -0.25) is 0 Å². The van der Waals surface area contributed by atoms with Crippen LogP contribution in [0, 0.1) is 0 Å². The molecule has 0 saturated carbocycles. The summed E-state index contributed by atoms with van der Waals surface area (Å²) >= 11 is 3.44. The molecule has 0 radical (unpaired) electrons. The van der Waals surface area contributed by atoms with E-state index in [1.165, 1.54) is 0 Å². The lowest BCUT2D eigenvalue weighted by Crippen LogP contribution is -1.97. The second-order valence-electron chi connectivity index (χ2n) is 4.72. The van der Waals surface area contributed by atoms with Gasteiger partial charge in [0.2, 0.25) is 0 Å². The molecule has 0 aliphatic carbocycles. The Labute approximate surface area is 125 Å². The molecule has 2 rings (SSSR count). The van der Waals surface area contributed by atoms with Crippen molar-refractivity contribution in [1.82, 2.24) is 9.78 Å². The number of rotatable bonds is 4. The van der Waals surface area contributed by atoms with E-state index in [4.69, 9.17) is 5.11 Å². The number of hydrogen-bond donors (Lipinski definition) is 1. The van der Waals surface area contributed by atoms with Crippen molar-refractivity contribution >= 4 is 28.0 Å². The van der Waals surface area contributed by atoms with Crippen molar-refractivity contribution in [2.75, 3.05) is 0 Å². The van der Waals surface area contributed by atoms with Gasteiger partial charge in [-0.05, 0) is 35.8 Å². The minimum Gasteiger partial charge on any atom is -0.478 e. The Morgan fingerprint density at radius 2 is 2.15 bits per heavy atom. The zero-order valence-electron chi connectivity index (χ0n) is 11.2. The van der Waals surface area contributed by atoms with Crippen molar-refractivity contribution in [3.63, 3.8) is 0 Å². The summed E-state index contributed by atoms with van der Waals surface area (Å²) in [6.07, 6.45) is 4.59. The number of aromatic nitrogens is 2. The highest BCUT2D eigenvalue weighted by molar-refractivity contribution is 9.10. The van der Waals surface area contributed by atoms with E-state index in [1.54, 1.807) is 6.08 Å². The zero-order valence-corrected chi connectivity index (χ0v) is 12.8. The fourth-order valence-electron chi connectivity index (χ4n) is 1.74. The standard InChI is InChI=1S/C15H15BrN2O2/c1-10(2)14-7-8-18(17-14)12-5-3-11(13(16)9-12)4-6-15(19)20/h3-10H,1-2H3,(H,19,20)/b6-4+. The van der Waals surface area contributed by atoms with E-state index in [0.29, 0.717) is 5.92 Å². The van der Waals surface area contributed by atoms with Crippen molar-refractivity contribution in [2.45, 2.75) is 19.8 Å². The van der Waals surface area contributed by atoms with Gasteiger partial charge in [-0.1, -0.05) is 35.8 Å². The third-order valence-electron chi connectivity index (χ3n) is 2.86. The van der Waals surface area contributed by atoms with Gasteiger partial charge in [-0.15, -0.1) is 0 Å². The molecule has 0 spiro atoms. The van der Waals surface area contributed by atoms with Gasteiger partial charge in [0.05, 0.1) is 11.4 Å². The SMILES string of the molecule is CC(C)c1ccn(-c2ccc(/C=C/C(=O)O)c(Br)c2)n1. The molecule has 5 heteroatoms. The van der Waals surface area contributed by atoms with Crippen LogP contribution in [-0.2, 0) is 4.79 Å². The Bertz CT molecular complexity index is 660. The molecule has 0 bridgehead atoms. The molecule has 0 amide bonds. The summed E-state index contributed by atoms with van der Waals surface area (Å²) in [7, 11) is 0. The van der Waals surface area contributed by atoms with Crippen molar-refractivity contribution < 1.29 is 9.90 Å². The summed E-state index contributed by atoms with van der Waals surface area (Å²) in [4.78, 5) is 10.5. The third-order valence-corrected chi connectivity index (χ3v) is 3.54. The fraction of sp³-hybridized carbons (Fsp3) is 0.200. The molecule has 20 heavy (non-hydrogen) atoms. The molecule has 1 heterocycles. The van der Waals surface area contributed by atoms with Crippen LogP contribution in [0.3, 0.4) is 0 Å². The average Bonchev–Trinajstić information content (AvgIpc) is 2.86. The van der Waals surface area contributed by atoms with E-state index in [9.17, 15) is 4.79 Å². The summed E-state index contributed by atoms with van der Waals surface area (Å²) in [5, 5.41) is 13.1. The van der Waals surface area contributed by atoms with Crippen LogP contribution in [-0.4, -0.2) is 20.9 Å². The summed E-state index contributed by atoms with van der Waals surface area (Å²) in [5.74, 6) is -0.577. The number of carboxylic acids is 1. The van der Waals surface area contributed by atoms with Crippen molar-refractivity contribution in [1.29, 1.82) is 0 Å². The topological polar surface area (TPSA) is 55.1 Å². The zero-order chi connectivity index (χ0) is 14.7. The second-order valence-corrected chi connectivity index (χ2v) is 5.57. The van der Waals surface area contributed by atoms with Gasteiger partial charge in [-0.25, -0.2) is 9.48 Å². The van der Waals surface area contributed by atoms with E-state index in [2.05, 4.69) is 34.9 Å². The highest BCUT2D eigenvalue weighted by Crippen LogP contribution is 2.22. The third kappa shape index (κ3) is 3.36. The van der Waals surface area contributed by atoms with Crippen molar-refractivity contribution in [2.24, 2.45) is 0 Å². The monoisotopic (exact) mass is 334 g/mol. The van der Waals surface area contributed by atoms with Gasteiger partial charge in [0.25, 0.3) is 0 Å². The molecule has 104 valence electrons. The highest BCUT2D eigenvalue weighted by atomic mass is 79.9. The van der Waals surface area contributed by atoms with Crippen LogP contribution in [0.4, 0.5) is 0 Å². The molecular weight excluding hydrogens is 320 g/mol. The van der Waals surface area contributed by atoms with E-state index < -0.39 is 5.97 Å². The summed E-state index contributed by atoms with van der Waals surface area (Å²) in [5.41, 5.74) is 2.78. The molecule has 0 aliphatic heterocycles. The lowest BCUT2D eigenvalue weighted by molar-refractivity contribution is -0.131. The highest BCUT2D eigenvalue weighted by Gasteiger charge is 2.06. The van der Waals surface area contributed by atoms with Gasteiger partial charge < -0.3 is 5.11 Å². The van der Waals surface area contributed by atoms with Gasteiger partial charge >= 0.3 is 5.97 Å². The lowest BCUT2D eigenvalue weighted by Gasteiger charge is -2.05. The Morgan fingerprint density at radius 3 is 2.70 bits per heavy atom. The second kappa shape index (κ2) is 6.05. The quantitative estimate of drug-likeness (QED) is 0.864. The molecule has 0 atom stereocenters. The number of carbonyl (C=O) groups is 1. The van der Waals surface area contributed by atoms with E-state index in [1.807, 2.05) is 35.1 Å². The normalized spacial score (nSPS) is 11.4. The minimum atomic E-state index is -0.963. The van der Waals surface area contributed by atoms with Crippen LogP contribution in [0.15, 0.2) is 41.0 Å². The van der Waals surface area contributed by atoms with Crippen LogP contribution < -0.4 is 0 Å². The predicted molar refractivity (Wildman–Crippen MR) is 82.0 cm³/mol. The number of carboxylic acid groups (broad SMARTS) is 1. The molecule has 1 aromatic carbocycles. The number of aliphatic carboxylic acids is 1. The first-order valence-corrected chi connectivity index (χ1v) is 7.03. The largest absolute Gasteiger partial charge is 0.478 e. The number of halogens is 1. The van der Waals surface area contributed by atoms with Gasteiger partial charge in [0.15, 0.2) is 0 Å². The molecule has 1 aromatic heterocycles. The van der Waals surface area contributed by atoms with Crippen molar-refractivity contribution in [3.8, 4) is 5.69 Å². The Morgan fingerprint density at radius 1 is 1.40 bits per heavy atom. The lowest BCUT2D eigenvalue weighted by atomic mass is 10.1. The van der Waals surface area contributed by atoms with Crippen LogP contribution in [0.1, 0.15) is 31.0 Å². The Balaban J connectivity index is 2.30. The summed E-state index contributed by atoms with van der Waals surface area (Å²) < 4.78 is 2.64. The first-order valence-electron chi connectivity index (χ1n) is 6.24.